The van der Waals surface area contributed by atoms with E-state index in [2.05, 4.69) is 10.3 Å². The Morgan fingerprint density at radius 3 is 2.63 bits per heavy atom. The van der Waals surface area contributed by atoms with E-state index in [1.54, 1.807) is 25.4 Å². The molecule has 0 bridgehead atoms. The highest BCUT2D eigenvalue weighted by Gasteiger charge is 2.04. The van der Waals surface area contributed by atoms with E-state index < -0.39 is 0 Å². The van der Waals surface area contributed by atoms with Crippen LogP contribution in [0.2, 0.25) is 0 Å². The molecule has 0 atom stereocenters. The van der Waals surface area contributed by atoms with Crippen molar-refractivity contribution >= 4 is 5.69 Å². The summed E-state index contributed by atoms with van der Waals surface area (Å²) < 4.78 is 23.2. The first-order valence-electron chi connectivity index (χ1n) is 5.79. The number of ether oxygens (including phenoxy) is 2. The highest BCUT2D eigenvalue weighted by molar-refractivity contribution is 5.56. The fourth-order valence-corrected chi connectivity index (χ4v) is 1.64. The number of methoxy groups -OCH3 is 2. The number of rotatable bonds is 5. The van der Waals surface area contributed by atoms with Gasteiger partial charge in [-0.3, -0.25) is 0 Å². The SMILES string of the molecule is COc1ccc(CNc2ccc(F)cc2OC)cn1. The number of pyridine rings is 1. The lowest BCUT2D eigenvalue weighted by Gasteiger charge is -2.11. The lowest BCUT2D eigenvalue weighted by molar-refractivity contribution is 0.397. The average molecular weight is 262 g/mol. The van der Waals surface area contributed by atoms with E-state index in [1.807, 2.05) is 6.07 Å². The van der Waals surface area contributed by atoms with Crippen molar-refractivity contribution in [3.8, 4) is 11.6 Å². The zero-order valence-corrected chi connectivity index (χ0v) is 10.8. The Hall–Kier alpha value is -2.30. The van der Waals surface area contributed by atoms with Crippen molar-refractivity contribution in [2.24, 2.45) is 0 Å². The number of nitrogens with one attached hydrogen (secondary N) is 1. The summed E-state index contributed by atoms with van der Waals surface area (Å²) in [5, 5.41) is 3.17. The van der Waals surface area contributed by atoms with Gasteiger partial charge in [0.1, 0.15) is 11.6 Å². The monoisotopic (exact) mass is 262 g/mol. The Balaban J connectivity index is 2.05. The normalized spacial score (nSPS) is 10.1. The Kier molecular flexibility index (Phi) is 4.18. The molecule has 0 unspecified atom stereocenters. The van der Waals surface area contributed by atoms with E-state index in [1.165, 1.54) is 19.2 Å². The van der Waals surface area contributed by atoms with Crippen LogP contribution in [0.3, 0.4) is 0 Å². The number of aromatic nitrogens is 1. The van der Waals surface area contributed by atoms with Crippen LogP contribution in [0.15, 0.2) is 36.5 Å². The third-order valence-electron chi connectivity index (χ3n) is 2.65. The second-order valence-corrected chi connectivity index (χ2v) is 3.91. The lowest BCUT2D eigenvalue weighted by Crippen LogP contribution is -2.02. The highest BCUT2D eigenvalue weighted by atomic mass is 19.1. The predicted molar refractivity (Wildman–Crippen MR) is 71.1 cm³/mol. The molecular weight excluding hydrogens is 247 g/mol. The van der Waals surface area contributed by atoms with Crippen LogP contribution < -0.4 is 14.8 Å². The molecule has 0 aliphatic carbocycles. The second-order valence-electron chi connectivity index (χ2n) is 3.91. The van der Waals surface area contributed by atoms with E-state index >= 15 is 0 Å². The van der Waals surface area contributed by atoms with Gasteiger partial charge in [0, 0.05) is 24.9 Å². The van der Waals surface area contributed by atoms with E-state index in [-0.39, 0.29) is 5.82 Å². The smallest absolute Gasteiger partial charge is 0.212 e. The standard InChI is InChI=1S/C14H15FN2O2/c1-18-13-7-11(15)4-5-12(13)16-8-10-3-6-14(19-2)17-9-10/h3-7,9,16H,8H2,1-2H3. The van der Waals surface area contributed by atoms with Crippen LogP contribution in [0, 0.1) is 5.82 Å². The van der Waals surface area contributed by atoms with Crippen molar-refractivity contribution in [2.75, 3.05) is 19.5 Å². The van der Waals surface area contributed by atoms with E-state index in [9.17, 15) is 4.39 Å². The molecule has 0 aliphatic rings. The maximum Gasteiger partial charge on any atom is 0.212 e. The molecule has 0 fully saturated rings. The Morgan fingerprint density at radius 1 is 1.16 bits per heavy atom. The maximum atomic E-state index is 13.0. The zero-order valence-electron chi connectivity index (χ0n) is 10.8. The van der Waals surface area contributed by atoms with Gasteiger partial charge < -0.3 is 14.8 Å². The first-order valence-corrected chi connectivity index (χ1v) is 5.79. The molecule has 0 radical (unpaired) electrons. The minimum atomic E-state index is -0.325. The fourth-order valence-electron chi connectivity index (χ4n) is 1.64. The Morgan fingerprint density at radius 2 is 2.00 bits per heavy atom. The van der Waals surface area contributed by atoms with Gasteiger partial charge in [-0.1, -0.05) is 6.07 Å². The van der Waals surface area contributed by atoms with Crippen LogP contribution in [-0.2, 0) is 6.54 Å². The van der Waals surface area contributed by atoms with Crippen molar-refractivity contribution in [1.82, 2.24) is 4.98 Å². The van der Waals surface area contributed by atoms with E-state index in [0.717, 1.165) is 11.3 Å². The molecule has 0 amide bonds. The molecular formula is C14H15FN2O2. The minimum absolute atomic E-state index is 0.325. The van der Waals surface area contributed by atoms with E-state index in [4.69, 9.17) is 9.47 Å². The zero-order chi connectivity index (χ0) is 13.7. The number of nitrogens with zero attached hydrogens (tertiary/aromatic N) is 1. The topological polar surface area (TPSA) is 43.4 Å². The first-order chi connectivity index (χ1) is 9.22. The summed E-state index contributed by atoms with van der Waals surface area (Å²) >= 11 is 0. The highest BCUT2D eigenvalue weighted by Crippen LogP contribution is 2.25. The fraction of sp³-hybridized carbons (Fsp3) is 0.214. The summed E-state index contributed by atoms with van der Waals surface area (Å²) in [5.74, 6) is 0.720. The molecule has 0 saturated heterocycles. The summed E-state index contributed by atoms with van der Waals surface area (Å²) in [4.78, 5) is 4.11. The number of benzene rings is 1. The van der Waals surface area contributed by atoms with Crippen LogP contribution in [0.4, 0.5) is 10.1 Å². The number of halogens is 1. The number of hydrogen-bond acceptors (Lipinski definition) is 4. The van der Waals surface area contributed by atoms with Crippen LogP contribution >= 0.6 is 0 Å². The van der Waals surface area contributed by atoms with Gasteiger partial charge in [0.05, 0.1) is 19.9 Å². The summed E-state index contributed by atoms with van der Waals surface area (Å²) in [6.07, 6.45) is 1.72. The third-order valence-corrected chi connectivity index (χ3v) is 2.65. The van der Waals surface area contributed by atoms with Crippen LogP contribution in [-0.4, -0.2) is 19.2 Å². The molecule has 19 heavy (non-hydrogen) atoms. The van der Waals surface area contributed by atoms with Crippen molar-refractivity contribution in [3.63, 3.8) is 0 Å². The van der Waals surface area contributed by atoms with Gasteiger partial charge in [0.2, 0.25) is 5.88 Å². The van der Waals surface area contributed by atoms with Gasteiger partial charge in [-0.25, -0.2) is 9.37 Å². The molecule has 2 aromatic rings. The van der Waals surface area contributed by atoms with Gasteiger partial charge in [-0.15, -0.1) is 0 Å². The molecule has 0 spiro atoms. The average Bonchev–Trinajstić information content (AvgIpc) is 2.46. The van der Waals surface area contributed by atoms with Gasteiger partial charge in [-0.2, -0.15) is 0 Å². The summed E-state index contributed by atoms with van der Waals surface area (Å²) in [5.41, 5.74) is 1.73. The van der Waals surface area contributed by atoms with Crippen LogP contribution in [0.25, 0.3) is 0 Å². The summed E-state index contributed by atoms with van der Waals surface area (Å²) in [6.45, 7) is 0.568. The molecule has 5 heteroatoms. The molecule has 1 heterocycles. The molecule has 2 rings (SSSR count). The molecule has 0 saturated carbocycles. The first kappa shape index (κ1) is 13.1. The summed E-state index contributed by atoms with van der Waals surface area (Å²) in [7, 11) is 3.08. The Bertz CT molecular complexity index is 544. The maximum absolute atomic E-state index is 13.0. The molecule has 4 nitrogen and oxygen atoms in total. The second kappa shape index (κ2) is 6.04. The molecule has 100 valence electrons. The third kappa shape index (κ3) is 3.34. The molecule has 1 N–H and O–H groups in total. The molecule has 0 aliphatic heterocycles. The van der Waals surface area contributed by atoms with Gasteiger partial charge in [0.15, 0.2) is 0 Å². The molecule has 1 aromatic carbocycles. The van der Waals surface area contributed by atoms with Gasteiger partial charge >= 0.3 is 0 Å². The Labute approximate surface area is 111 Å². The van der Waals surface area contributed by atoms with Gasteiger partial charge in [0.25, 0.3) is 0 Å². The predicted octanol–water partition coefficient (Wildman–Crippen LogP) is 2.85. The minimum Gasteiger partial charge on any atom is -0.494 e. The van der Waals surface area contributed by atoms with Crippen LogP contribution in [0.1, 0.15) is 5.56 Å². The molecule has 1 aromatic heterocycles. The number of hydrogen-bond donors (Lipinski definition) is 1. The number of anilines is 1. The van der Waals surface area contributed by atoms with Crippen molar-refractivity contribution in [3.05, 3.63) is 47.9 Å². The summed E-state index contributed by atoms with van der Waals surface area (Å²) in [6, 6.07) is 8.07. The largest absolute Gasteiger partial charge is 0.494 e. The van der Waals surface area contributed by atoms with Crippen molar-refractivity contribution < 1.29 is 13.9 Å². The quantitative estimate of drug-likeness (QED) is 0.899. The van der Waals surface area contributed by atoms with Crippen molar-refractivity contribution in [2.45, 2.75) is 6.54 Å². The van der Waals surface area contributed by atoms with Gasteiger partial charge in [-0.05, 0) is 17.7 Å². The van der Waals surface area contributed by atoms with Crippen LogP contribution in [0.5, 0.6) is 11.6 Å². The lowest BCUT2D eigenvalue weighted by atomic mass is 10.2. The van der Waals surface area contributed by atoms with E-state index in [0.29, 0.717) is 18.2 Å². The van der Waals surface area contributed by atoms with Crippen molar-refractivity contribution in [1.29, 1.82) is 0 Å².